The van der Waals surface area contributed by atoms with Gasteiger partial charge in [-0.3, -0.25) is 0 Å². The standard InChI is InChI=1S/C16H20F2N2S/c1-16(2,3)15-20-14(10-21-15)9-19-5-4-11-6-12(17)8-13(18)7-11/h6-8,10,19H,4-5,9H2,1-3H3. The number of aromatic nitrogens is 1. The van der Waals surface area contributed by atoms with Gasteiger partial charge in [0.25, 0.3) is 0 Å². The van der Waals surface area contributed by atoms with Crippen LogP contribution in [0.3, 0.4) is 0 Å². The number of hydrogen-bond donors (Lipinski definition) is 1. The summed E-state index contributed by atoms with van der Waals surface area (Å²) in [5.74, 6) is -1.06. The molecule has 1 aromatic heterocycles. The first-order valence-corrected chi connectivity index (χ1v) is 7.83. The molecule has 0 saturated heterocycles. The Morgan fingerprint density at radius 3 is 2.38 bits per heavy atom. The molecule has 0 aliphatic heterocycles. The van der Waals surface area contributed by atoms with Gasteiger partial charge in [0.2, 0.25) is 0 Å². The molecular formula is C16H20F2N2S. The molecule has 0 atom stereocenters. The van der Waals surface area contributed by atoms with E-state index in [1.807, 2.05) is 0 Å². The second kappa shape index (κ2) is 6.62. The molecule has 0 fully saturated rings. The Labute approximate surface area is 128 Å². The lowest BCUT2D eigenvalue weighted by Crippen LogP contribution is -2.17. The van der Waals surface area contributed by atoms with E-state index in [9.17, 15) is 8.78 Å². The molecule has 114 valence electrons. The minimum Gasteiger partial charge on any atom is -0.311 e. The third-order valence-electron chi connectivity index (χ3n) is 3.01. The van der Waals surface area contributed by atoms with E-state index in [1.165, 1.54) is 12.1 Å². The molecule has 0 bridgehead atoms. The molecule has 2 rings (SSSR count). The molecular weight excluding hydrogens is 290 g/mol. The molecule has 0 amide bonds. The first-order chi connectivity index (χ1) is 9.84. The molecule has 2 nitrogen and oxygen atoms in total. The van der Waals surface area contributed by atoms with Gasteiger partial charge >= 0.3 is 0 Å². The maximum atomic E-state index is 13.0. The molecule has 0 aliphatic carbocycles. The number of benzene rings is 1. The van der Waals surface area contributed by atoms with Crippen molar-refractivity contribution in [2.75, 3.05) is 6.54 Å². The van der Waals surface area contributed by atoms with Crippen molar-refractivity contribution in [2.24, 2.45) is 0 Å². The van der Waals surface area contributed by atoms with Gasteiger partial charge in [0.1, 0.15) is 11.6 Å². The van der Waals surface area contributed by atoms with Gasteiger partial charge in [-0.2, -0.15) is 0 Å². The van der Waals surface area contributed by atoms with E-state index < -0.39 is 11.6 Å². The summed E-state index contributed by atoms with van der Waals surface area (Å²) in [6.45, 7) is 7.75. The third kappa shape index (κ3) is 4.86. The van der Waals surface area contributed by atoms with Crippen LogP contribution in [0.25, 0.3) is 0 Å². The van der Waals surface area contributed by atoms with Crippen molar-refractivity contribution in [2.45, 2.75) is 39.2 Å². The van der Waals surface area contributed by atoms with Crippen LogP contribution in [0.15, 0.2) is 23.6 Å². The van der Waals surface area contributed by atoms with Crippen LogP contribution in [0, 0.1) is 11.6 Å². The average molecular weight is 310 g/mol. The number of nitrogens with zero attached hydrogens (tertiary/aromatic N) is 1. The fraction of sp³-hybridized carbons (Fsp3) is 0.438. The predicted molar refractivity (Wildman–Crippen MR) is 82.6 cm³/mol. The summed E-state index contributed by atoms with van der Waals surface area (Å²) in [5.41, 5.74) is 1.74. The fourth-order valence-corrected chi connectivity index (χ4v) is 2.84. The number of rotatable bonds is 5. The van der Waals surface area contributed by atoms with E-state index in [2.05, 4.69) is 36.5 Å². The number of nitrogens with one attached hydrogen (secondary N) is 1. The topological polar surface area (TPSA) is 24.9 Å². The van der Waals surface area contributed by atoms with Gasteiger partial charge in [0.05, 0.1) is 10.7 Å². The molecule has 5 heteroatoms. The summed E-state index contributed by atoms with van der Waals surface area (Å²) in [6, 6.07) is 3.62. The molecule has 0 radical (unpaired) electrons. The average Bonchev–Trinajstić information content (AvgIpc) is 2.82. The maximum Gasteiger partial charge on any atom is 0.126 e. The first-order valence-electron chi connectivity index (χ1n) is 6.95. The lowest BCUT2D eigenvalue weighted by atomic mass is 9.98. The maximum absolute atomic E-state index is 13.0. The zero-order valence-corrected chi connectivity index (χ0v) is 13.4. The van der Waals surface area contributed by atoms with Gasteiger partial charge in [0.15, 0.2) is 0 Å². The highest BCUT2D eigenvalue weighted by molar-refractivity contribution is 7.09. The SMILES string of the molecule is CC(C)(C)c1nc(CNCCc2cc(F)cc(F)c2)cs1. The lowest BCUT2D eigenvalue weighted by molar-refractivity contribution is 0.575. The Hall–Kier alpha value is -1.33. The summed E-state index contributed by atoms with van der Waals surface area (Å²) < 4.78 is 26.1. The monoisotopic (exact) mass is 310 g/mol. The zero-order chi connectivity index (χ0) is 15.5. The predicted octanol–water partition coefficient (Wildman–Crippen LogP) is 4.05. The molecule has 1 heterocycles. The largest absolute Gasteiger partial charge is 0.311 e. The van der Waals surface area contributed by atoms with Crippen LogP contribution in [0.1, 0.15) is 37.0 Å². The fourth-order valence-electron chi connectivity index (χ4n) is 1.94. The van der Waals surface area contributed by atoms with Gasteiger partial charge in [-0.1, -0.05) is 20.8 Å². The highest BCUT2D eigenvalue weighted by Gasteiger charge is 2.17. The summed E-state index contributed by atoms with van der Waals surface area (Å²) in [5, 5.41) is 6.42. The van der Waals surface area contributed by atoms with Gasteiger partial charge < -0.3 is 5.32 Å². The molecule has 1 aromatic carbocycles. The highest BCUT2D eigenvalue weighted by atomic mass is 32.1. The van der Waals surface area contributed by atoms with Crippen LogP contribution in [0.5, 0.6) is 0 Å². The van der Waals surface area contributed by atoms with Gasteiger partial charge in [0, 0.05) is 23.4 Å². The Morgan fingerprint density at radius 1 is 1.14 bits per heavy atom. The number of thiazole rings is 1. The van der Waals surface area contributed by atoms with Crippen LogP contribution in [0.2, 0.25) is 0 Å². The highest BCUT2D eigenvalue weighted by Crippen LogP contribution is 2.25. The Kier molecular flexibility index (Phi) is 5.06. The summed E-state index contributed by atoms with van der Waals surface area (Å²) in [7, 11) is 0. The molecule has 2 aromatic rings. The van der Waals surface area contributed by atoms with Gasteiger partial charge in [-0.15, -0.1) is 11.3 Å². The molecule has 21 heavy (non-hydrogen) atoms. The lowest BCUT2D eigenvalue weighted by Gasteiger charge is -2.13. The van der Waals surface area contributed by atoms with Crippen molar-refractivity contribution in [1.82, 2.24) is 10.3 Å². The third-order valence-corrected chi connectivity index (χ3v) is 4.33. The first kappa shape index (κ1) is 16.0. The summed E-state index contributed by atoms with van der Waals surface area (Å²) in [4.78, 5) is 4.59. The van der Waals surface area contributed by atoms with E-state index in [1.54, 1.807) is 11.3 Å². The summed E-state index contributed by atoms with van der Waals surface area (Å²) in [6.07, 6.45) is 0.588. The Balaban J connectivity index is 1.81. The van der Waals surface area contributed by atoms with Crippen molar-refractivity contribution in [3.63, 3.8) is 0 Å². The van der Waals surface area contributed by atoms with Gasteiger partial charge in [-0.25, -0.2) is 13.8 Å². The molecule has 0 unspecified atom stereocenters. The van der Waals surface area contributed by atoms with E-state index in [-0.39, 0.29) is 5.41 Å². The second-order valence-electron chi connectivity index (χ2n) is 6.10. The molecule has 0 spiro atoms. The van der Waals surface area contributed by atoms with Crippen LogP contribution in [-0.2, 0) is 18.4 Å². The van der Waals surface area contributed by atoms with E-state index in [4.69, 9.17) is 0 Å². The van der Waals surface area contributed by atoms with Gasteiger partial charge in [-0.05, 0) is 30.7 Å². The molecule has 1 N–H and O–H groups in total. The van der Waals surface area contributed by atoms with Crippen LogP contribution >= 0.6 is 11.3 Å². The minimum absolute atomic E-state index is 0.0714. The van der Waals surface area contributed by atoms with Crippen molar-refractivity contribution in [3.8, 4) is 0 Å². The summed E-state index contributed by atoms with van der Waals surface area (Å²) >= 11 is 1.66. The molecule has 0 aliphatic rings. The Bertz CT molecular complexity index is 582. The van der Waals surface area contributed by atoms with Crippen LogP contribution in [0.4, 0.5) is 8.78 Å². The second-order valence-corrected chi connectivity index (χ2v) is 6.96. The zero-order valence-electron chi connectivity index (χ0n) is 12.5. The van der Waals surface area contributed by atoms with E-state index >= 15 is 0 Å². The Morgan fingerprint density at radius 2 is 1.81 bits per heavy atom. The van der Waals surface area contributed by atoms with Crippen LogP contribution < -0.4 is 5.32 Å². The normalized spacial score (nSPS) is 11.9. The van der Waals surface area contributed by atoms with Crippen molar-refractivity contribution in [1.29, 1.82) is 0 Å². The van der Waals surface area contributed by atoms with E-state index in [0.717, 1.165) is 16.8 Å². The smallest absolute Gasteiger partial charge is 0.126 e. The van der Waals surface area contributed by atoms with E-state index in [0.29, 0.717) is 25.1 Å². The number of hydrogen-bond acceptors (Lipinski definition) is 3. The number of halogens is 2. The van der Waals surface area contributed by atoms with Crippen molar-refractivity contribution >= 4 is 11.3 Å². The van der Waals surface area contributed by atoms with Crippen LogP contribution in [-0.4, -0.2) is 11.5 Å². The molecule has 0 saturated carbocycles. The quantitative estimate of drug-likeness (QED) is 0.843. The van der Waals surface area contributed by atoms with Crippen molar-refractivity contribution in [3.05, 3.63) is 51.5 Å². The van der Waals surface area contributed by atoms with Crippen molar-refractivity contribution < 1.29 is 8.78 Å². The minimum atomic E-state index is -0.528.